The number of carboxylic acids is 1. The highest BCUT2D eigenvalue weighted by molar-refractivity contribution is 8.01. The average molecular weight is 554 g/mol. The molecule has 0 aromatic heterocycles. The molecule has 3 aliphatic heterocycles. The molecule has 204 valence electrons. The molecular weight excluding hydrogens is 522 g/mol. The number of carbonyl (C=O) groups excluding carboxylic acids is 1. The van der Waals surface area contributed by atoms with Crippen molar-refractivity contribution < 1.29 is 24.2 Å². The number of carbonyl (C=O) groups is 2. The van der Waals surface area contributed by atoms with Crippen molar-refractivity contribution in [1.29, 1.82) is 0 Å². The smallest absolute Gasteiger partial charge is 0.340 e. The van der Waals surface area contributed by atoms with Crippen LogP contribution in [0.5, 0.6) is 0 Å². The van der Waals surface area contributed by atoms with E-state index >= 15 is 0 Å². The molecule has 7 heteroatoms. The molecule has 3 atom stereocenters. The van der Waals surface area contributed by atoms with Crippen molar-refractivity contribution in [3.8, 4) is 0 Å². The molecule has 2 bridgehead atoms. The van der Waals surface area contributed by atoms with Crippen LogP contribution >= 0.6 is 11.8 Å². The lowest BCUT2D eigenvalue weighted by molar-refractivity contribution is -0.139. The molecular formula is C33H31NO5S. The van der Waals surface area contributed by atoms with Crippen LogP contribution in [0.1, 0.15) is 45.3 Å². The van der Waals surface area contributed by atoms with Crippen molar-refractivity contribution in [2.75, 3.05) is 13.7 Å². The predicted molar refractivity (Wildman–Crippen MR) is 156 cm³/mol. The summed E-state index contributed by atoms with van der Waals surface area (Å²) in [7, 11) is 1.51. The van der Waals surface area contributed by atoms with Crippen molar-refractivity contribution in [3.05, 3.63) is 143 Å². The van der Waals surface area contributed by atoms with Crippen molar-refractivity contribution in [1.82, 2.24) is 5.32 Å². The van der Waals surface area contributed by atoms with Crippen LogP contribution in [-0.2, 0) is 19.0 Å². The van der Waals surface area contributed by atoms with Crippen LogP contribution in [0.3, 0.4) is 0 Å². The Morgan fingerprint density at radius 1 is 0.850 bits per heavy atom. The monoisotopic (exact) mass is 553 g/mol. The van der Waals surface area contributed by atoms with Gasteiger partial charge in [-0.15, -0.1) is 11.8 Å². The molecule has 3 heterocycles. The standard InChI is InChI=1S/C24H23NO2S.C9H8O3/c26-23(27)22-16-21(17-25-22)28-24(18-10-4-1-5-11-18,19-12-6-2-7-13-19)20-14-8-3-9-15-20;1-11-9-7-4-2-6(3-5-7)8(10)12-9/h1-15,21-22,25H,16-17H2,(H,26,27);2-5,9H,1H3. The molecule has 1 fully saturated rings. The first-order valence-electron chi connectivity index (χ1n) is 13.2. The molecule has 4 aromatic carbocycles. The zero-order valence-corrected chi connectivity index (χ0v) is 22.9. The van der Waals surface area contributed by atoms with E-state index in [4.69, 9.17) is 9.47 Å². The SMILES string of the molecule is COC1OC(=O)c2ccc1cc2.O=C(O)C1CC(SC(c2ccccc2)(c2ccccc2)c2ccccc2)CN1. The third kappa shape index (κ3) is 5.82. The number of benzene rings is 4. The van der Waals surface area contributed by atoms with Gasteiger partial charge in [-0.1, -0.05) is 103 Å². The zero-order chi connectivity index (χ0) is 28.0. The number of ether oxygens (including phenoxy) is 2. The normalized spacial score (nSPS) is 19.7. The molecule has 3 unspecified atom stereocenters. The summed E-state index contributed by atoms with van der Waals surface area (Å²) in [6.45, 7) is 0.690. The van der Waals surface area contributed by atoms with Crippen LogP contribution < -0.4 is 5.32 Å². The molecule has 0 amide bonds. The largest absolute Gasteiger partial charge is 0.480 e. The lowest BCUT2D eigenvalue weighted by atomic mass is 9.84. The lowest BCUT2D eigenvalue weighted by Crippen LogP contribution is -2.30. The second-order valence-corrected chi connectivity index (χ2v) is 11.2. The van der Waals surface area contributed by atoms with Crippen molar-refractivity contribution in [2.24, 2.45) is 0 Å². The summed E-state index contributed by atoms with van der Waals surface area (Å²) in [5, 5.41) is 12.8. The molecule has 0 saturated carbocycles. The molecule has 1 saturated heterocycles. The summed E-state index contributed by atoms with van der Waals surface area (Å²) in [5.41, 5.74) is 5.05. The topological polar surface area (TPSA) is 84.9 Å². The number of nitrogens with one attached hydrogen (secondary N) is 1. The van der Waals surface area contributed by atoms with Crippen LogP contribution in [0.15, 0.2) is 115 Å². The van der Waals surface area contributed by atoms with E-state index in [1.54, 1.807) is 12.1 Å². The van der Waals surface area contributed by atoms with E-state index in [9.17, 15) is 14.7 Å². The fraction of sp³-hybridized carbons (Fsp3) is 0.212. The van der Waals surface area contributed by atoms with Gasteiger partial charge in [-0.25, -0.2) is 4.79 Å². The van der Waals surface area contributed by atoms with Gasteiger partial charge in [-0.2, -0.15) is 0 Å². The van der Waals surface area contributed by atoms with Gasteiger partial charge in [0.05, 0.1) is 10.3 Å². The highest BCUT2D eigenvalue weighted by Crippen LogP contribution is 2.51. The van der Waals surface area contributed by atoms with E-state index in [1.165, 1.54) is 23.8 Å². The highest BCUT2D eigenvalue weighted by atomic mass is 32.2. The summed E-state index contributed by atoms with van der Waals surface area (Å²) in [6, 6.07) is 38.2. The molecule has 2 N–H and O–H groups in total. The maximum atomic E-state index is 11.5. The van der Waals surface area contributed by atoms with Gasteiger partial charge in [-0.3, -0.25) is 4.79 Å². The summed E-state index contributed by atoms with van der Waals surface area (Å²) >= 11 is 1.85. The van der Waals surface area contributed by atoms with Gasteiger partial charge in [0.15, 0.2) is 0 Å². The zero-order valence-electron chi connectivity index (χ0n) is 22.1. The highest BCUT2D eigenvalue weighted by Gasteiger charge is 2.42. The van der Waals surface area contributed by atoms with Gasteiger partial charge in [0.2, 0.25) is 6.29 Å². The van der Waals surface area contributed by atoms with Crippen LogP contribution in [-0.4, -0.2) is 42.0 Å². The Bertz CT molecular complexity index is 1320. The summed E-state index contributed by atoms with van der Waals surface area (Å²) in [4.78, 5) is 22.6. The quantitative estimate of drug-likeness (QED) is 0.214. The van der Waals surface area contributed by atoms with E-state index in [1.807, 2.05) is 42.1 Å². The maximum Gasteiger partial charge on any atom is 0.340 e. The number of rotatable bonds is 7. The first-order valence-corrected chi connectivity index (χ1v) is 14.0. The Hall–Kier alpha value is -3.91. The Labute approximate surface area is 238 Å². The predicted octanol–water partition coefficient (Wildman–Crippen LogP) is 6.03. The number of hydrogen-bond donors (Lipinski definition) is 2. The van der Waals surface area contributed by atoms with Gasteiger partial charge in [0.1, 0.15) is 6.04 Å². The third-order valence-corrected chi connectivity index (χ3v) is 8.87. The molecule has 6 nitrogen and oxygen atoms in total. The first-order chi connectivity index (χ1) is 19.5. The first kappa shape index (κ1) is 27.6. The summed E-state index contributed by atoms with van der Waals surface area (Å²) in [5.74, 6) is -1.10. The minimum absolute atomic E-state index is 0.196. The molecule has 0 spiro atoms. The fourth-order valence-electron chi connectivity index (χ4n) is 5.15. The minimum atomic E-state index is -0.771. The Morgan fingerprint density at radius 2 is 1.35 bits per heavy atom. The van der Waals surface area contributed by atoms with Crippen LogP contribution in [0.4, 0.5) is 0 Å². The second-order valence-electron chi connectivity index (χ2n) is 9.65. The molecule has 4 aromatic rings. The van der Waals surface area contributed by atoms with Gasteiger partial charge >= 0.3 is 11.9 Å². The van der Waals surface area contributed by atoms with Gasteiger partial charge in [0.25, 0.3) is 0 Å². The van der Waals surface area contributed by atoms with E-state index in [0.29, 0.717) is 18.5 Å². The van der Waals surface area contributed by atoms with E-state index in [-0.39, 0.29) is 11.2 Å². The molecule has 40 heavy (non-hydrogen) atoms. The molecule has 7 rings (SSSR count). The summed E-state index contributed by atoms with van der Waals surface area (Å²) < 4.78 is 9.56. The number of hydrogen-bond acceptors (Lipinski definition) is 6. The summed E-state index contributed by atoms with van der Waals surface area (Å²) in [6.07, 6.45) is 0.0684. The van der Waals surface area contributed by atoms with Gasteiger partial charge in [0, 0.05) is 24.5 Å². The van der Waals surface area contributed by atoms with Crippen LogP contribution in [0, 0.1) is 0 Å². The van der Waals surface area contributed by atoms with E-state index in [0.717, 1.165) is 5.56 Å². The van der Waals surface area contributed by atoms with Crippen molar-refractivity contribution in [2.45, 2.75) is 28.7 Å². The third-order valence-electron chi connectivity index (χ3n) is 7.12. The Balaban J connectivity index is 0.000000223. The van der Waals surface area contributed by atoms with Gasteiger partial charge < -0.3 is 19.9 Å². The van der Waals surface area contributed by atoms with Crippen molar-refractivity contribution >= 4 is 23.7 Å². The minimum Gasteiger partial charge on any atom is -0.480 e. The van der Waals surface area contributed by atoms with Gasteiger partial charge in [-0.05, 0) is 35.2 Å². The molecule has 0 aliphatic carbocycles. The lowest BCUT2D eigenvalue weighted by Gasteiger charge is -2.37. The second kappa shape index (κ2) is 12.5. The fourth-order valence-corrected chi connectivity index (χ4v) is 6.93. The van der Waals surface area contributed by atoms with E-state index < -0.39 is 23.0 Å². The average Bonchev–Trinajstić information content (AvgIpc) is 3.37. The molecule has 0 radical (unpaired) electrons. The number of methoxy groups -OCH3 is 1. The Morgan fingerprint density at radius 3 is 1.77 bits per heavy atom. The van der Waals surface area contributed by atoms with E-state index in [2.05, 4.69) is 78.1 Å². The number of thioether (sulfide) groups is 1. The Kier molecular flexibility index (Phi) is 8.65. The van der Waals surface area contributed by atoms with Crippen LogP contribution in [0.2, 0.25) is 0 Å². The molecule has 3 aliphatic rings. The maximum absolute atomic E-state index is 11.5. The number of aliphatic carboxylic acids is 1. The number of carboxylic acid groups (broad SMARTS) is 1. The van der Waals surface area contributed by atoms with Crippen LogP contribution in [0.25, 0.3) is 0 Å². The number of esters is 1. The number of fused-ring (bicyclic) bond motifs is 4. The van der Waals surface area contributed by atoms with Crippen molar-refractivity contribution in [3.63, 3.8) is 0 Å².